The maximum atomic E-state index is 5.78. The van der Waals surface area contributed by atoms with Gasteiger partial charge in [-0.05, 0) is 17.2 Å². The maximum absolute atomic E-state index is 5.78. The lowest BCUT2D eigenvalue weighted by Crippen LogP contribution is -2.25. The van der Waals surface area contributed by atoms with E-state index >= 15 is 0 Å². The van der Waals surface area contributed by atoms with Crippen molar-refractivity contribution in [3.63, 3.8) is 0 Å². The van der Waals surface area contributed by atoms with Crippen molar-refractivity contribution in [3.8, 4) is 0 Å². The van der Waals surface area contributed by atoms with Gasteiger partial charge in [0.25, 0.3) is 0 Å². The van der Waals surface area contributed by atoms with Crippen LogP contribution in [0.4, 0.5) is 0 Å². The lowest BCUT2D eigenvalue weighted by Gasteiger charge is -2.25. The lowest BCUT2D eigenvalue weighted by atomic mass is 10.0. The minimum Gasteiger partial charge on any atom is -0.385 e. The summed E-state index contributed by atoms with van der Waals surface area (Å²) in [7, 11) is 2.00. The minimum atomic E-state index is 0.841. The first-order chi connectivity index (χ1) is 6.77. The third kappa shape index (κ3) is 2.08. The standard InChI is InChI=1S/C10H12N2.C2H6/c1-12-7-9-5-3-2-4-8(9)6-10(12)11;1-2/h2-6H,7,11H2,1H3;1-2H3. The van der Waals surface area contributed by atoms with Crippen LogP contribution in [0.15, 0.2) is 30.1 Å². The van der Waals surface area contributed by atoms with Gasteiger partial charge in [0.1, 0.15) is 0 Å². The van der Waals surface area contributed by atoms with Crippen LogP contribution < -0.4 is 5.73 Å². The third-order valence-electron chi connectivity index (χ3n) is 2.21. The number of nitrogens with zero attached hydrogens (tertiary/aromatic N) is 1. The highest BCUT2D eigenvalue weighted by Gasteiger charge is 2.10. The van der Waals surface area contributed by atoms with Crippen LogP contribution in [-0.4, -0.2) is 11.9 Å². The van der Waals surface area contributed by atoms with Crippen LogP contribution in [0.2, 0.25) is 0 Å². The Morgan fingerprint density at radius 2 is 1.86 bits per heavy atom. The van der Waals surface area contributed by atoms with Crippen molar-refractivity contribution < 1.29 is 0 Å². The van der Waals surface area contributed by atoms with Gasteiger partial charge < -0.3 is 10.6 Å². The predicted octanol–water partition coefficient (Wildman–Crippen LogP) is 2.42. The molecule has 0 atom stereocenters. The molecule has 1 aliphatic rings. The maximum Gasteiger partial charge on any atom is 0.0992 e. The summed E-state index contributed by atoms with van der Waals surface area (Å²) < 4.78 is 0. The second-order valence-electron chi connectivity index (χ2n) is 3.12. The highest BCUT2D eigenvalue weighted by molar-refractivity contribution is 5.57. The van der Waals surface area contributed by atoms with Gasteiger partial charge in [-0.2, -0.15) is 0 Å². The summed E-state index contributed by atoms with van der Waals surface area (Å²) in [6.45, 7) is 4.92. The second-order valence-corrected chi connectivity index (χ2v) is 3.12. The molecule has 76 valence electrons. The smallest absolute Gasteiger partial charge is 0.0992 e. The highest BCUT2D eigenvalue weighted by atomic mass is 15.2. The Morgan fingerprint density at radius 3 is 2.57 bits per heavy atom. The van der Waals surface area contributed by atoms with Crippen molar-refractivity contribution in [2.75, 3.05) is 7.05 Å². The molecule has 0 amide bonds. The molecule has 2 rings (SSSR count). The fourth-order valence-corrected chi connectivity index (χ4v) is 1.44. The largest absolute Gasteiger partial charge is 0.385 e. The Hall–Kier alpha value is -1.44. The van der Waals surface area contributed by atoms with E-state index in [2.05, 4.69) is 18.2 Å². The van der Waals surface area contributed by atoms with Crippen molar-refractivity contribution in [1.82, 2.24) is 4.90 Å². The average molecular weight is 190 g/mol. The van der Waals surface area contributed by atoms with E-state index in [1.807, 2.05) is 37.9 Å². The van der Waals surface area contributed by atoms with Crippen LogP contribution in [0, 0.1) is 0 Å². The van der Waals surface area contributed by atoms with Crippen molar-refractivity contribution >= 4 is 6.08 Å². The quantitative estimate of drug-likeness (QED) is 0.680. The van der Waals surface area contributed by atoms with E-state index in [9.17, 15) is 0 Å². The highest BCUT2D eigenvalue weighted by Crippen LogP contribution is 2.19. The molecule has 2 N–H and O–H groups in total. The van der Waals surface area contributed by atoms with Gasteiger partial charge in [-0.15, -0.1) is 0 Å². The van der Waals surface area contributed by atoms with Crippen molar-refractivity contribution in [3.05, 3.63) is 41.2 Å². The molecule has 0 saturated carbocycles. The van der Waals surface area contributed by atoms with Crippen molar-refractivity contribution in [2.45, 2.75) is 20.4 Å². The molecule has 0 aliphatic carbocycles. The monoisotopic (exact) mass is 190 g/mol. The first kappa shape index (κ1) is 10.6. The van der Waals surface area contributed by atoms with Gasteiger partial charge in [-0.3, -0.25) is 0 Å². The van der Waals surface area contributed by atoms with Gasteiger partial charge in [-0.25, -0.2) is 0 Å². The third-order valence-corrected chi connectivity index (χ3v) is 2.21. The molecule has 1 heterocycles. The van der Waals surface area contributed by atoms with Crippen LogP contribution in [0.25, 0.3) is 6.08 Å². The van der Waals surface area contributed by atoms with E-state index in [0.717, 1.165) is 12.4 Å². The molecule has 0 radical (unpaired) electrons. The van der Waals surface area contributed by atoms with Crippen LogP contribution >= 0.6 is 0 Å². The van der Waals surface area contributed by atoms with Crippen molar-refractivity contribution in [1.29, 1.82) is 0 Å². The Bertz CT molecular complexity index is 329. The normalized spacial score (nSPS) is 13.6. The number of rotatable bonds is 0. The Morgan fingerprint density at radius 1 is 1.21 bits per heavy atom. The number of fused-ring (bicyclic) bond motifs is 1. The number of benzene rings is 1. The Balaban J connectivity index is 0.000000461. The molecule has 1 aromatic carbocycles. The molecular formula is C12H18N2. The molecule has 1 aromatic rings. The Kier molecular flexibility index (Phi) is 3.57. The summed E-state index contributed by atoms with van der Waals surface area (Å²) in [6.07, 6.45) is 2.01. The van der Waals surface area contributed by atoms with E-state index in [1.165, 1.54) is 11.1 Å². The summed E-state index contributed by atoms with van der Waals surface area (Å²) in [5.41, 5.74) is 8.37. The van der Waals surface area contributed by atoms with E-state index < -0.39 is 0 Å². The molecule has 2 nitrogen and oxygen atoms in total. The van der Waals surface area contributed by atoms with Gasteiger partial charge in [0.2, 0.25) is 0 Å². The summed E-state index contributed by atoms with van der Waals surface area (Å²) in [5, 5.41) is 0. The van der Waals surface area contributed by atoms with E-state index in [0.29, 0.717) is 0 Å². The van der Waals surface area contributed by atoms with Crippen LogP contribution in [0.1, 0.15) is 25.0 Å². The zero-order valence-electron chi connectivity index (χ0n) is 9.12. The molecule has 2 heteroatoms. The molecule has 0 unspecified atom stereocenters. The van der Waals surface area contributed by atoms with Crippen molar-refractivity contribution in [2.24, 2.45) is 5.73 Å². The second kappa shape index (κ2) is 4.70. The molecule has 0 saturated heterocycles. The predicted molar refractivity (Wildman–Crippen MR) is 61.4 cm³/mol. The summed E-state index contributed by atoms with van der Waals surface area (Å²) >= 11 is 0. The topological polar surface area (TPSA) is 29.3 Å². The van der Waals surface area contributed by atoms with Gasteiger partial charge >= 0.3 is 0 Å². The lowest BCUT2D eigenvalue weighted by molar-refractivity contribution is 0.404. The van der Waals surface area contributed by atoms with E-state index in [4.69, 9.17) is 5.73 Å². The molecule has 1 aliphatic heterocycles. The molecule has 0 bridgehead atoms. The number of hydrogen-bond donors (Lipinski definition) is 1. The number of hydrogen-bond acceptors (Lipinski definition) is 2. The molecule has 0 spiro atoms. The van der Waals surface area contributed by atoms with Crippen LogP contribution in [0.3, 0.4) is 0 Å². The van der Waals surface area contributed by atoms with Crippen LogP contribution in [-0.2, 0) is 6.54 Å². The SMILES string of the molecule is CC.CN1Cc2ccccc2C=C1N. The summed E-state index contributed by atoms with van der Waals surface area (Å²) in [6, 6.07) is 8.32. The first-order valence-corrected chi connectivity index (χ1v) is 5.03. The summed E-state index contributed by atoms with van der Waals surface area (Å²) in [4.78, 5) is 2.04. The molecule has 0 aromatic heterocycles. The first-order valence-electron chi connectivity index (χ1n) is 5.03. The molecule has 0 fully saturated rings. The fourth-order valence-electron chi connectivity index (χ4n) is 1.44. The summed E-state index contributed by atoms with van der Waals surface area (Å²) in [5.74, 6) is 0.841. The van der Waals surface area contributed by atoms with Crippen LogP contribution in [0.5, 0.6) is 0 Å². The fraction of sp³-hybridized carbons (Fsp3) is 0.333. The minimum absolute atomic E-state index is 0.841. The van der Waals surface area contributed by atoms with E-state index in [-0.39, 0.29) is 0 Å². The number of nitrogens with two attached hydrogens (primary N) is 1. The van der Waals surface area contributed by atoms with Gasteiger partial charge in [0.15, 0.2) is 0 Å². The zero-order chi connectivity index (χ0) is 10.6. The molecular weight excluding hydrogens is 172 g/mol. The van der Waals surface area contributed by atoms with Gasteiger partial charge in [0.05, 0.1) is 5.82 Å². The zero-order valence-corrected chi connectivity index (χ0v) is 9.12. The van der Waals surface area contributed by atoms with Gasteiger partial charge in [-0.1, -0.05) is 38.1 Å². The van der Waals surface area contributed by atoms with Gasteiger partial charge in [0, 0.05) is 13.6 Å². The average Bonchev–Trinajstić information content (AvgIpc) is 2.23. The Labute approximate surface area is 86.0 Å². The van der Waals surface area contributed by atoms with E-state index in [1.54, 1.807) is 0 Å². The molecule has 14 heavy (non-hydrogen) atoms.